The van der Waals surface area contributed by atoms with Crippen LogP contribution in [0.2, 0.25) is 0 Å². The molecule has 2 aromatic carbocycles. The minimum absolute atomic E-state index is 0.0724. The number of benzene rings is 2. The normalized spacial score (nSPS) is 17.5. The molecular formula is C21H23N3O2. The van der Waals surface area contributed by atoms with Crippen molar-refractivity contribution in [2.45, 2.75) is 19.8 Å². The second-order valence-electron chi connectivity index (χ2n) is 6.94. The number of hydrogen-bond acceptors (Lipinski definition) is 5. The Kier molecular flexibility index (Phi) is 4.37. The number of aromatic hydroxyl groups is 1. The third kappa shape index (κ3) is 2.94. The van der Waals surface area contributed by atoms with Crippen LogP contribution in [-0.2, 0) is 0 Å². The van der Waals surface area contributed by atoms with Gasteiger partial charge in [0, 0.05) is 18.5 Å². The van der Waals surface area contributed by atoms with Crippen LogP contribution >= 0.6 is 0 Å². The number of methoxy groups -OCH3 is 1. The smallest absolute Gasteiger partial charge is 0.168 e. The highest BCUT2D eigenvalue weighted by Crippen LogP contribution is 2.37. The lowest BCUT2D eigenvalue weighted by molar-refractivity contribution is 0.374. The maximum absolute atomic E-state index is 10.5. The fraction of sp³-hybridized carbons (Fsp3) is 0.333. The molecule has 0 amide bonds. The van der Waals surface area contributed by atoms with Crippen molar-refractivity contribution in [3.63, 3.8) is 0 Å². The minimum atomic E-state index is 0.0724. The van der Waals surface area contributed by atoms with Gasteiger partial charge in [-0.3, -0.25) is 0 Å². The van der Waals surface area contributed by atoms with Crippen molar-refractivity contribution in [2.75, 3.05) is 25.1 Å². The summed E-state index contributed by atoms with van der Waals surface area (Å²) in [5, 5.41) is 11.6. The van der Waals surface area contributed by atoms with E-state index in [1.165, 1.54) is 12.8 Å². The molecule has 1 saturated heterocycles. The van der Waals surface area contributed by atoms with E-state index in [-0.39, 0.29) is 5.75 Å². The summed E-state index contributed by atoms with van der Waals surface area (Å²) in [6.07, 6.45) is 2.42. The maximum atomic E-state index is 10.5. The molecule has 134 valence electrons. The number of anilines is 1. The lowest BCUT2D eigenvalue weighted by Gasteiger charge is -2.32. The van der Waals surface area contributed by atoms with Crippen molar-refractivity contribution in [1.29, 1.82) is 0 Å². The molecule has 0 radical (unpaired) electrons. The first-order chi connectivity index (χ1) is 12.7. The molecule has 1 aliphatic heterocycles. The van der Waals surface area contributed by atoms with Crippen molar-refractivity contribution >= 4 is 16.7 Å². The molecule has 5 nitrogen and oxygen atoms in total. The maximum Gasteiger partial charge on any atom is 0.168 e. The molecule has 1 aromatic heterocycles. The average Bonchev–Trinajstić information content (AvgIpc) is 2.67. The van der Waals surface area contributed by atoms with E-state index >= 15 is 0 Å². The topological polar surface area (TPSA) is 58.5 Å². The summed E-state index contributed by atoms with van der Waals surface area (Å²) in [7, 11) is 1.54. The van der Waals surface area contributed by atoms with Gasteiger partial charge >= 0.3 is 0 Å². The third-order valence-corrected chi connectivity index (χ3v) is 5.00. The Bertz CT molecular complexity index is 942. The minimum Gasteiger partial charge on any atom is -0.504 e. The number of phenolic OH excluding ortho intramolecular Hbond substituents is 1. The first-order valence-electron chi connectivity index (χ1n) is 9.05. The summed E-state index contributed by atoms with van der Waals surface area (Å²) in [5.74, 6) is 2.61. The highest BCUT2D eigenvalue weighted by atomic mass is 16.5. The highest BCUT2D eigenvalue weighted by Gasteiger charge is 2.22. The monoisotopic (exact) mass is 349 g/mol. The fourth-order valence-corrected chi connectivity index (χ4v) is 3.67. The van der Waals surface area contributed by atoms with Crippen LogP contribution in [0.3, 0.4) is 0 Å². The zero-order valence-corrected chi connectivity index (χ0v) is 15.1. The van der Waals surface area contributed by atoms with Gasteiger partial charge in [0.05, 0.1) is 18.2 Å². The van der Waals surface area contributed by atoms with Crippen LogP contribution in [0.15, 0.2) is 42.5 Å². The lowest BCUT2D eigenvalue weighted by atomic mass is 10.00. The van der Waals surface area contributed by atoms with Crippen molar-refractivity contribution in [3.05, 3.63) is 42.5 Å². The molecule has 3 aromatic rings. The van der Waals surface area contributed by atoms with Crippen LogP contribution in [0.25, 0.3) is 22.3 Å². The molecule has 26 heavy (non-hydrogen) atoms. The predicted molar refractivity (Wildman–Crippen MR) is 104 cm³/mol. The fourth-order valence-electron chi connectivity index (χ4n) is 3.67. The van der Waals surface area contributed by atoms with Crippen LogP contribution in [0.4, 0.5) is 5.82 Å². The molecular weight excluding hydrogens is 326 g/mol. The molecule has 0 spiro atoms. The molecule has 4 rings (SSSR count). The van der Waals surface area contributed by atoms with Gasteiger partial charge in [0.25, 0.3) is 0 Å². The van der Waals surface area contributed by atoms with E-state index in [9.17, 15) is 5.11 Å². The molecule has 1 aliphatic rings. The average molecular weight is 349 g/mol. The Hall–Kier alpha value is -2.82. The summed E-state index contributed by atoms with van der Waals surface area (Å²) in [6, 6.07) is 13.5. The zero-order chi connectivity index (χ0) is 18.1. The number of ether oxygens (including phenoxy) is 1. The Morgan fingerprint density at radius 1 is 1.12 bits per heavy atom. The number of hydrogen-bond donors (Lipinski definition) is 1. The highest BCUT2D eigenvalue weighted by molar-refractivity contribution is 5.91. The van der Waals surface area contributed by atoms with Gasteiger partial charge in [0.15, 0.2) is 17.3 Å². The standard InChI is InChI=1S/C21H23N3O2/c1-14-7-6-12-24(13-14)21-15-8-3-4-10-17(15)22-20(23-21)16-9-5-11-18(26-2)19(16)25/h3-5,8-11,14,25H,6-7,12-13H2,1-2H3/t14-/m1/s1. The van der Waals surface area contributed by atoms with Crippen molar-refractivity contribution in [3.8, 4) is 22.9 Å². The van der Waals surface area contributed by atoms with E-state index in [0.717, 1.165) is 29.8 Å². The number of aromatic nitrogens is 2. The van der Waals surface area contributed by atoms with E-state index in [2.05, 4.69) is 17.9 Å². The molecule has 0 aliphatic carbocycles. The third-order valence-electron chi connectivity index (χ3n) is 5.00. The van der Waals surface area contributed by atoms with E-state index < -0.39 is 0 Å². The molecule has 1 N–H and O–H groups in total. The summed E-state index contributed by atoms with van der Waals surface area (Å²) < 4.78 is 5.24. The van der Waals surface area contributed by atoms with Crippen LogP contribution in [0.5, 0.6) is 11.5 Å². The molecule has 5 heteroatoms. The second-order valence-corrected chi connectivity index (χ2v) is 6.94. The van der Waals surface area contributed by atoms with Gasteiger partial charge in [0.1, 0.15) is 5.82 Å². The van der Waals surface area contributed by atoms with E-state index in [1.54, 1.807) is 13.2 Å². The van der Waals surface area contributed by atoms with Gasteiger partial charge in [0.2, 0.25) is 0 Å². The van der Waals surface area contributed by atoms with Crippen LogP contribution < -0.4 is 9.64 Å². The molecule has 1 atom stereocenters. The molecule has 0 saturated carbocycles. The van der Waals surface area contributed by atoms with Crippen molar-refractivity contribution < 1.29 is 9.84 Å². The Morgan fingerprint density at radius 3 is 2.77 bits per heavy atom. The van der Waals surface area contributed by atoms with Crippen molar-refractivity contribution in [2.24, 2.45) is 5.92 Å². The predicted octanol–water partition coefficient (Wildman–Crippen LogP) is 4.25. The Morgan fingerprint density at radius 2 is 1.96 bits per heavy atom. The largest absolute Gasteiger partial charge is 0.504 e. The number of phenols is 1. The van der Waals surface area contributed by atoms with Gasteiger partial charge in [-0.15, -0.1) is 0 Å². The number of rotatable bonds is 3. The number of para-hydroxylation sites is 2. The number of nitrogens with zero attached hydrogens (tertiary/aromatic N) is 3. The van der Waals surface area contributed by atoms with Crippen LogP contribution in [-0.4, -0.2) is 35.3 Å². The zero-order valence-electron chi connectivity index (χ0n) is 15.1. The van der Waals surface area contributed by atoms with Crippen molar-refractivity contribution in [1.82, 2.24) is 9.97 Å². The first-order valence-corrected chi connectivity index (χ1v) is 9.05. The molecule has 2 heterocycles. The van der Waals surface area contributed by atoms with Crippen LogP contribution in [0.1, 0.15) is 19.8 Å². The molecule has 1 fully saturated rings. The quantitative estimate of drug-likeness (QED) is 0.766. The van der Waals surface area contributed by atoms with Gasteiger partial charge in [-0.2, -0.15) is 0 Å². The van der Waals surface area contributed by atoms with Crippen LogP contribution in [0, 0.1) is 5.92 Å². The second kappa shape index (κ2) is 6.83. The number of fused-ring (bicyclic) bond motifs is 1. The Balaban J connectivity index is 1.89. The molecule has 0 unspecified atom stereocenters. The lowest BCUT2D eigenvalue weighted by Crippen LogP contribution is -2.35. The van der Waals surface area contributed by atoms with E-state index in [0.29, 0.717) is 23.1 Å². The summed E-state index contributed by atoms with van der Waals surface area (Å²) in [6.45, 7) is 4.27. The summed E-state index contributed by atoms with van der Waals surface area (Å²) in [5.41, 5.74) is 1.47. The number of piperidine rings is 1. The first kappa shape index (κ1) is 16.6. The summed E-state index contributed by atoms with van der Waals surface area (Å²) in [4.78, 5) is 11.9. The molecule has 0 bridgehead atoms. The van der Waals surface area contributed by atoms with Gasteiger partial charge in [-0.25, -0.2) is 9.97 Å². The SMILES string of the molecule is COc1cccc(-c2nc(N3CCC[C@@H](C)C3)c3ccccc3n2)c1O. The van der Waals surface area contributed by atoms with E-state index in [1.807, 2.05) is 30.3 Å². The Labute approximate surface area is 153 Å². The van der Waals surface area contributed by atoms with Gasteiger partial charge < -0.3 is 14.7 Å². The summed E-state index contributed by atoms with van der Waals surface area (Å²) >= 11 is 0. The van der Waals surface area contributed by atoms with Gasteiger partial charge in [-0.05, 0) is 43.0 Å². The van der Waals surface area contributed by atoms with Gasteiger partial charge in [-0.1, -0.05) is 25.1 Å². The van der Waals surface area contributed by atoms with E-state index in [4.69, 9.17) is 14.7 Å².